The van der Waals surface area contributed by atoms with Crippen LogP contribution in [0.4, 0.5) is 0 Å². The third-order valence-corrected chi connectivity index (χ3v) is 5.44. The molecule has 0 radical (unpaired) electrons. The highest BCUT2D eigenvalue weighted by Gasteiger charge is 2.32. The molecule has 0 aromatic carbocycles. The van der Waals surface area contributed by atoms with Gasteiger partial charge in [0.1, 0.15) is 0 Å². The van der Waals surface area contributed by atoms with E-state index in [9.17, 15) is 4.79 Å². The molecule has 0 bridgehead atoms. The van der Waals surface area contributed by atoms with Crippen molar-refractivity contribution >= 4 is 0 Å². The summed E-state index contributed by atoms with van der Waals surface area (Å²) in [5.41, 5.74) is 1.83. The van der Waals surface area contributed by atoms with E-state index in [0.29, 0.717) is 12.6 Å². The predicted molar refractivity (Wildman–Crippen MR) is 93.7 cm³/mol. The molecule has 1 saturated heterocycles. The van der Waals surface area contributed by atoms with Gasteiger partial charge in [0, 0.05) is 36.1 Å². The van der Waals surface area contributed by atoms with Crippen LogP contribution in [0.5, 0.6) is 0 Å². The number of rotatable bonds is 4. The molecule has 5 heteroatoms. The lowest BCUT2D eigenvalue weighted by atomic mass is 10.1. The Hall–Kier alpha value is -2.01. The third-order valence-electron chi connectivity index (χ3n) is 5.44. The van der Waals surface area contributed by atoms with Crippen LogP contribution in [-0.4, -0.2) is 38.3 Å². The maximum absolute atomic E-state index is 12.3. The van der Waals surface area contributed by atoms with E-state index < -0.39 is 0 Å². The van der Waals surface area contributed by atoms with Crippen LogP contribution in [0.2, 0.25) is 0 Å². The molecule has 5 nitrogen and oxygen atoms in total. The van der Waals surface area contributed by atoms with Gasteiger partial charge in [-0.1, -0.05) is 12.8 Å². The Labute approximate surface area is 142 Å². The summed E-state index contributed by atoms with van der Waals surface area (Å²) in [7, 11) is 0. The molecule has 24 heavy (non-hydrogen) atoms. The number of hydrogen-bond donors (Lipinski definition) is 0. The summed E-state index contributed by atoms with van der Waals surface area (Å²) < 4.78 is 1.66. The second-order valence-corrected chi connectivity index (χ2v) is 6.95. The van der Waals surface area contributed by atoms with Crippen LogP contribution in [-0.2, 0) is 6.54 Å². The molecule has 126 valence electrons. The predicted octanol–water partition coefficient (Wildman–Crippen LogP) is 2.71. The van der Waals surface area contributed by atoms with Gasteiger partial charge in [-0.05, 0) is 50.4 Å². The number of nitrogens with zero attached hydrogens (tertiary/aromatic N) is 4. The van der Waals surface area contributed by atoms with Crippen molar-refractivity contribution in [3.05, 3.63) is 47.0 Å². The van der Waals surface area contributed by atoms with Gasteiger partial charge in [0.2, 0.25) is 0 Å². The minimum atomic E-state index is -0.00826. The van der Waals surface area contributed by atoms with Crippen molar-refractivity contribution in [3.8, 4) is 11.3 Å². The van der Waals surface area contributed by atoms with Crippen LogP contribution in [0, 0.1) is 0 Å². The zero-order valence-corrected chi connectivity index (χ0v) is 14.0. The lowest BCUT2D eigenvalue weighted by Crippen LogP contribution is -2.41. The highest BCUT2D eigenvalue weighted by molar-refractivity contribution is 5.56. The highest BCUT2D eigenvalue weighted by Crippen LogP contribution is 2.30. The van der Waals surface area contributed by atoms with Crippen molar-refractivity contribution < 1.29 is 0 Å². The van der Waals surface area contributed by atoms with Gasteiger partial charge in [-0.3, -0.25) is 14.7 Å². The van der Waals surface area contributed by atoms with Crippen LogP contribution >= 0.6 is 0 Å². The summed E-state index contributed by atoms with van der Waals surface area (Å²) in [6.45, 7) is 1.88. The summed E-state index contributed by atoms with van der Waals surface area (Å²) >= 11 is 0. The van der Waals surface area contributed by atoms with Gasteiger partial charge >= 0.3 is 0 Å². The normalized spacial score (nSPS) is 22.2. The van der Waals surface area contributed by atoms with Gasteiger partial charge in [0.05, 0.1) is 12.2 Å². The smallest absolute Gasteiger partial charge is 0.266 e. The van der Waals surface area contributed by atoms with Crippen molar-refractivity contribution in [2.75, 3.05) is 6.54 Å². The van der Waals surface area contributed by atoms with Gasteiger partial charge in [-0.25, -0.2) is 4.68 Å². The van der Waals surface area contributed by atoms with Crippen LogP contribution in [0.15, 0.2) is 41.5 Å². The van der Waals surface area contributed by atoms with Crippen molar-refractivity contribution in [2.45, 2.75) is 57.2 Å². The largest absolute Gasteiger partial charge is 0.296 e. The molecule has 1 unspecified atom stereocenters. The standard InChI is InChI=1S/C19H24N4O/c24-19-8-7-18(15-9-11-20-12-10-15)21-23(19)14-17-6-3-13-22(17)16-4-1-2-5-16/h7-12,16-17H,1-6,13-14H2. The first kappa shape index (κ1) is 15.5. The van der Waals surface area contributed by atoms with E-state index >= 15 is 0 Å². The Bertz CT molecular complexity index is 737. The molecule has 3 heterocycles. The van der Waals surface area contributed by atoms with Gasteiger partial charge in [0.15, 0.2) is 0 Å². The SMILES string of the molecule is O=c1ccc(-c2ccncc2)nn1CC1CCCN1C1CCCC1. The van der Waals surface area contributed by atoms with Gasteiger partial charge in [-0.2, -0.15) is 5.10 Å². The first-order valence-electron chi connectivity index (χ1n) is 9.05. The average Bonchev–Trinajstić information content (AvgIpc) is 3.29. The van der Waals surface area contributed by atoms with Crippen LogP contribution in [0.25, 0.3) is 11.3 Å². The molecule has 2 aliphatic rings. The monoisotopic (exact) mass is 324 g/mol. The molecular formula is C19H24N4O. The van der Waals surface area contributed by atoms with Crippen molar-refractivity contribution in [1.29, 1.82) is 0 Å². The molecule has 2 aromatic rings. The summed E-state index contributed by atoms with van der Waals surface area (Å²) in [4.78, 5) is 19.0. The highest BCUT2D eigenvalue weighted by atomic mass is 16.1. The molecule has 1 aliphatic heterocycles. The molecule has 2 fully saturated rings. The average molecular weight is 324 g/mol. The number of likely N-dealkylation sites (tertiary alicyclic amines) is 1. The number of aromatic nitrogens is 3. The number of pyridine rings is 1. The molecule has 1 aliphatic carbocycles. The Kier molecular flexibility index (Phi) is 4.43. The summed E-state index contributed by atoms with van der Waals surface area (Å²) in [5, 5.41) is 4.62. The molecule has 1 atom stereocenters. The van der Waals surface area contributed by atoms with Crippen LogP contribution in [0.1, 0.15) is 38.5 Å². The van der Waals surface area contributed by atoms with E-state index in [1.54, 1.807) is 29.2 Å². The number of hydrogen-bond acceptors (Lipinski definition) is 4. The van der Waals surface area contributed by atoms with Gasteiger partial charge in [-0.15, -0.1) is 0 Å². The van der Waals surface area contributed by atoms with Crippen molar-refractivity contribution in [1.82, 2.24) is 19.7 Å². The molecule has 1 saturated carbocycles. The van der Waals surface area contributed by atoms with E-state index in [-0.39, 0.29) is 5.56 Å². The zero-order chi connectivity index (χ0) is 16.4. The van der Waals surface area contributed by atoms with E-state index in [4.69, 9.17) is 0 Å². The Morgan fingerprint density at radius 1 is 1.00 bits per heavy atom. The van der Waals surface area contributed by atoms with Crippen molar-refractivity contribution in [3.63, 3.8) is 0 Å². The summed E-state index contributed by atoms with van der Waals surface area (Å²) in [6.07, 6.45) is 11.2. The summed E-state index contributed by atoms with van der Waals surface area (Å²) in [6, 6.07) is 8.46. The molecular weight excluding hydrogens is 300 g/mol. The van der Waals surface area contributed by atoms with Crippen molar-refractivity contribution in [2.24, 2.45) is 0 Å². The zero-order valence-electron chi connectivity index (χ0n) is 14.0. The Morgan fingerprint density at radius 2 is 1.79 bits per heavy atom. The Balaban J connectivity index is 1.56. The Morgan fingerprint density at radius 3 is 2.58 bits per heavy atom. The van der Waals surface area contributed by atoms with E-state index in [2.05, 4.69) is 15.0 Å². The quantitative estimate of drug-likeness (QED) is 0.868. The van der Waals surface area contributed by atoms with Gasteiger partial charge < -0.3 is 0 Å². The fraction of sp³-hybridized carbons (Fsp3) is 0.526. The summed E-state index contributed by atoms with van der Waals surface area (Å²) in [5.74, 6) is 0. The lowest BCUT2D eigenvalue weighted by molar-refractivity contribution is 0.162. The van der Waals surface area contributed by atoms with Gasteiger partial charge in [0.25, 0.3) is 5.56 Å². The topological polar surface area (TPSA) is 51.0 Å². The maximum atomic E-state index is 12.3. The minimum absolute atomic E-state index is 0.00826. The fourth-order valence-electron chi connectivity index (χ4n) is 4.23. The van der Waals surface area contributed by atoms with Crippen LogP contribution in [0.3, 0.4) is 0 Å². The van der Waals surface area contributed by atoms with E-state index in [1.807, 2.05) is 12.1 Å². The fourth-order valence-corrected chi connectivity index (χ4v) is 4.23. The minimum Gasteiger partial charge on any atom is -0.296 e. The first-order chi connectivity index (χ1) is 11.8. The first-order valence-corrected chi connectivity index (χ1v) is 9.05. The second kappa shape index (κ2) is 6.85. The third kappa shape index (κ3) is 3.13. The molecule has 2 aromatic heterocycles. The molecule has 0 spiro atoms. The van der Waals surface area contributed by atoms with E-state index in [0.717, 1.165) is 17.3 Å². The molecule has 0 amide bonds. The molecule has 4 rings (SSSR count). The van der Waals surface area contributed by atoms with Crippen LogP contribution < -0.4 is 5.56 Å². The maximum Gasteiger partial charge on any atom is 0.266 e. The molecule has 0 N–H and O–H groups in total. The van der Waals surface area contributed by atoms with E-state index in [1.165, 1.54) is 45.1 Å². The second-order valence-electron chi connectivity index (χ2n) is 6.95. The lowest BCUT2D eigenvalue weighted by Gasteiger charge is -2.30.